The molecule has 1 heterocycles. The molecule has 1 saturated carbocycles. The number of nitrogens with two attached hydrogens (primary N) is 1. The number of aromatic nitrogens is 2. The number of hydrogen-bond donors (Lipinski definition) is 1. The number of nitrogens with zero attached hydrogens (tertiary/aromatic N) is 2. The molecule has 1 fully saturated rings. The van der Waals surface area contributed by atoms with E-state index >= 15 is 0 Å². The summed E-state index contributed by atoms with van der Waals surface area (Å²) in [6, 6.07) is 10.3. The van der Waals surface area contributed by atoms with Gasteiger partial charge in [0.15, 0.2) is 5.82 Å². The van der Waals surface area contributed by atoms with Crippen molar-refractivity contribution in [2.24, 2.45) is 5.73 Å². The Morgan fingerprint density at radius 2 is 1.89 bits per heavy atom. The van der Waals surface area contributed by atoms with Crippen LogP contribution >= 0.6 is 0 Å². The van der Waals surface area contributed by atoms with Crippen molar-refractivity contribution in [1.82, 2.24) is 10.1 Å². The fraction of sp³-hybridized carbons (Fsp3) is 0.467. The molecule has 0 saturated heterocycles. The van der Waals surface area contributed by atoms with E-state index < -0.39 is 0 Å². The molecule has 100 valence electrons. The van der Waals surface area contributed by atoms with Gasteiger partial charge >= 0.3 is 0 Å². The molecule has 1 aliphatic rings. The topological polar surface area (TPSA) is 64.9 Å². The molecular formula is C15H19N3O. The van der Waals surface area contributed by atoms with Crippen molar-refractivity contribution in [1.29, 1.82) is 0 Å². The third-order valence-electron chi connectivity index (χ3n) is 4.04. The molecule has 0 amide bonds. The Bertz CT molecular complexity index is 542. The third kappa shape index (κ3) is 2.06. The number of hydrogen-bond acceptors (Lipinski definition) is 4. The fourth-order valence-corrected chi connectivity index (χ4v) is 2.99. The predicted molar refractivity (Wildman–Crippen MR) is 72.6 cm³/mol. The average Bonchev–Trinajstić information content (AvgIpc) is 3.09. The van der Waals surface area contributed by atoms with Gasteiger partial charge in [-0.25, -0.2) is 0 Å². The Morgan fingerprint density at radius 3 is 2.47 bits per heavy atom. The van der Waals surface area contributed by atoms with Crippen LogP contribution in [0.4, 0.5) is 0 Å². The van der Waals surface area contributed by atoms with Gasteiger partial charge in [0.1, 0.15) is 0 Å². The normalized spacial score (nSPS) is 19.5. The molecule has 0 aliphatic heterocycles. The van der Waals surface area contributed by atoms with Crippen molar-refractivity contribution in [3.8, 4) is 0 Å². The largest absolute Gasteiger partial charge is 0.338 e. The van der Waals surface area contributed by atoms with Gasteiger partial charge in [0, 0.05) is 0 Å². The fourth-order valence-electron chi connectivity index (χ4n) is 2.99. The predicted octanol–water partition coefficient (Wildman–Crippen LogP) is 2.95. The summed E-state index contributed by atoms with van der Waals surface area (Å²) in [4.78, 5) is 4.54. The van der Waals surface area contributed by atoms with Gasteiger partial charge in [-0.3, -0.25) is 0 Å². The molecule has 2 aromatic rings. The first-order valence-electron chi connectivity index (χ1n) is 6.87. The lowest BCUT2D eigenvalue weighted by atomic mass is 9.78. The summed E-state index contributed by atoms with van der Waals surface area (Å²) >= 11 is 0. The molecule has 19 heavy (non-hydrogen) atoms. The van der Waals surface area contributed by atoms with Crippen LogP contribution in [0.3, 0.4) is 0 Å². The summed E-state index contributed by atoms with van der Waals surface area (Å²) in [7, 11) is 0. The Kier molecular flexibility index (Phi) is 3.11. The zero-order valence-electron chi connectivity index (χ0n) is 11.2. The van der Waals surface area contributed by atoms with Crippen LogP contribution in [0, 0.1) is 0 Å². The van der Waals surface area contributed by atoms with Crippen LogP contribution in [0.25, 0.3) is 0 Å². The summed E-state index contributed by atoms with van der Waals surface area (Å²) in [5.74, 6) is 1.32. The van der Waals surface area contributed by atoms with E-state index in [9.17, 15) is 0 Å². The molecule has 1 unspecified atom stereocenters. The highest BCUT2D eigenvalue weighted by atomic mass is 16.5. The lowest BCUT2D eigenvalue weighted by molar-refractivity contribution is 0.347. The van der Waals surface area contributed by atoms with Gasteiger partial charge in [-0.15, -0.1) is 0 Å². The van der Waals surface area contributed by atoms with E-state index in [4.69, 9.17) is 10.3 Å². The smallest absolute Gasteiger partial charge is 0.243 e. The molecule has 0 radical (unpaired) electrons. The van der Waals surface area contributed by atoms with E-state index in [-0.39, 0.29) is 11.5 Å². The first-order chi connectivity index (χ1) is 9.22. The summed E-state index contributed by atoms with van der Waals surface area (Å²) in [5.41, 5.74) is 7.01. The van der Waals surface area contributed by atoms with E-state index in [0.717, 1.165) is 18.7 Å². The maximum absolute atomic E-state index is 5.81. The molecule has 1 aliphatic carbocycles. The average molecular weight is 257 g/mol. The van der Waals surface area contributed by atoms with E-state index in [1.54, 1.807) is 0 Å². The molecular weight excluding hydrogens is 238 g/mol. The van der Waals surface area contributed by atoms with Gasteiger partial charge in [-0.05, 0) is 25.3 Å². The summed E-state index contributed by atoms with van der Waals surface area (Å²) < 4.78 is 5.30. The zero-order chi connectivity index (χ0) is 13.3. The molecule has 1 atom stereocenters. The monoisotopic (exact) mass is 257 g/mol. The second-order valence-electron chi connectivity index (χ2n) is 5.40. The van der Waals surface area contributed by atoms with Crippen molar-refractivity contribution >= 4 is 0 Å². The van der Waals surface area contributed by atoms with Crippen molar-refractivity contribution in [2.75, 3.05) is 0 Å². The van der Waals surface area contributed by atoms with Gasteiger partial charge in [-0.1, -0.05) is 48.3 Å². The van der Waals surface area contributed by atoms with E-state index in [0.29, 0.717) is 5.89 Å². The lowest BCUT2D eigenvalue weighted by Gasteiger charge is -2.25. The minimum atomic E-state index is -0.213. The molecule has 4 heteroatoms. The first-order valence-corrected chi connectivity index (χ1v) is 6.87. The Morgan fingerprint density at radius 1 is 1.21 bits per heavy atom. The SMILES string of the molecule is CC(N)c1nc(C2(c3ccccc3)CCCC2)no1. The summed E-state index contributed by atoms with van der Waals surface area (Å²) in [5, 5.41) is 4.20. The van der Waals surface area contributed by atoms with Crippen LogP contribution in [0.1, 0.15) is 55.9 Å². The van der Waals surface area contributed by atoms with Gasteiger partial charge in [-0.2, -0.15) is 4.98 Å². The quantitative estimate of drug-likeness (QED) is 0.918. The third-order valence-corrected chi connectivity index (χ3v) is 4.04. The van der Waals surface area contributed by atoms with Crippen molar-refractivity contribution in [3.05, 3.63) is 47.6 Å². The second-order valence-corrected chi connectivity index (χ2v) is 5.40. The Hall–Kier alpha value is -1.68. The van der Waals surface area contributed by atoms with Gasteiger partial charge in [0.25, 0.3) is 0 Å². The molecule has 0 bridgehead atoms. The van der Waals surface area contributed by atoms with Gasteiger partial charge in [0.2, 0.25) is 5.89 Å². The highest BCUT2D eigenvalue weighted by Crippen LogP contribution is 2.45. The van der Waals surface area contributed by atoms with E-state index in [1.807, 2.05) is 13.0 Å². The lowest BCUT2D eigenvalue weighted by Crippen LogP contribution is -2.25. The minimum Gasteiger partial charge on any atom is -0.338 e. The van der Waals surface area contributed by atoms with Crippen molar-refractivity contribution < 1.29 is 4.52 Å². The zero-order valence-corrected chi connectivity index (χ0v) is 11.2. The molecule has 0 spiro atoms. The highest BCUT2D eigenvalue weighted by molar-refractivity contribution is 5.33. The van der Waals surface area contributed by atoms with E-state index in [2.05, 4.69) is 34.4 Å². The van der Waals surface area contributed by atoms with Crippen LogP contribution < -0.4 is 5.73 Å². The van der Waals surface area contributed by atoms with Crippen LogP contribution in [0.5, 0.6) is 0 Å². The van der Waals surface area contributed by atoms with Crippen LogP contribution in [0.2, 0.25) is 0 Å². The molecule has 1 aromatic carbocycles. The Labute approximate surface area is 113 Å². The van der Waals surface area contributed by atoms with Crippen molar-refractivity contribution in [3.63, 3.8) is 0 Å². The maximum Gasteiger partial charge on any atom is 0.243 e. The molecule has 4 nitrogen and oxygen atoms in total. The Balaban J connectivity index is 2.05. The summed E-state index contributed by atoms with van der Waals surface area (Å²) in [6.07, 6.45) is 4.57. The van der Waals surface area contributed by atoms with Gasteiger partial charge < -0.3 is 10.3 Å². The molecule has 2 N–H and O–H groups in total. The van der Waals surface area contributed by atoms with Crippen LogP contribution in [0.15, 0.2) is 34.9 Å². The standard InChI is InChI=1S/C15H19N3O/c1-11(16)13-17-14(18-19-13)15(9-5-6-10-15)12-7-3-2-4-8-12/h2-4,7-8,11H,5-6,9-10,16H2,1H3. The van der Waals surface area contributed by atoms with Crippen LogP contribution in [-0.4, -0.2) is 10.1 Å². The summed E-state index contributed by atoms with van der Waals surface area (Å²) in [6.45, 7) is 1.86. The highest BCUT2D eigenvalue weighted by Gasteiger charge is 2.41. The maximum atomic E-state index is 5.81. The second kappa shape index (κ2) is 4.78. The molecule has 3 rings (SSSR count). The van der Waals surface area contributed by atoms with Gasteiger partial charge in [0.05, 0.1) is 11.5 Å². The first kappa shape index (κ1) is 12.4. The minimum absolute atomic E-state index is 0.0854. The molecule has 1 aromatic heterocycles. The van der Waals surface area contributed by atoms with E-state index in [1.165, 1.54) is 18.4 Å². The van der Waals surface area contributed by atoms with Crippen LogP contribution in [-0.2, 0) is 5.41 Å². The van der Waals surface area contributed by atoms with Crippen molar-refractivity contribution in [2.45, 2.75) is 44.1 Å². The number of rotatable bonds is 3. The number of benzene rings is 1.